The van der Waals surface area contributed by atoms with Gasteiger partial charge in [0.2, 0.25) is 6.79 Å². The van der Waals surface area contributed by atoms with Crippen molar-refractivity contribution in [2.45, 2.75) is 0 Å². The lowest BCUT2D eigenvalue weighted by molar-refractivity contribution is -0.147. The SMILES string of the molecule is O=C(COC(=O)CNC(=O)c1ccc2c(c1)OCO2)NN=C(c1ccccc1)c1ccccc1. The highest BCUT2D eigenvalue weighted by Crippen LogP contribution is 2.32. The number of rotatable bonds is 8. The molecule has 2 amide bonds. The molecule has 0 unspecified atom stereocenters. The first-order chi connectivity index (χ1) is 16.6. The van der Waals surface area contributed by atoms with Crippen molar-refractivity contribution < 1.29 is 28.6 Å². The minimum atomic E-state index is -0.764. The van der Waals surface area contributed by atoms with Gasteiger partial charge in [0.05, 0.1) is 5.71 Å². The number of nitrogens with zero attached hydrogens (tertiary/aromatic N) is 1. The number of hydrogen-bond donors (Lipinski definition) is 2. The summed E-state index contributed by atoms with van der Waals surface area (Å²) >= 11 is 0. The van der Waals surface area contributed by atoms with Crippen LogP contribution in [0.4, 0.5) is 0 Å². The van der Waals surface area contributed by atoms with E-state index in [1.54, 1.807) is 12.1 Å². The van der Waals surface area contributed by atoms with Crippen LogP contribution in [0.25, 0.3) is 0 Å². The van der Waals surface area contributed by atoms with Crippen LogP contribution >= 0.6 is 0 Å². The summed E-state index contributed by atoms with van der Waals surface area (Å²) in [6.45, 7) is -0.848. The lowest BCUT2D eigenvalue weighted by Gasteiger charge is -2.09. The Bertz CT molecular complexity index is 1170. The highest BCUT2D eigenvalue weighted by Gasteiger charge is 2.17. The largest absolute Gasteiger partial charge is 0.454 e. The minimum Gasteiger partial charge on any atom is -0.454 e. The standard InChI is InChI=1S/C25H21N3O6/c29-22(27-28-24(17-7-3-1-4-8-17)18-9-5-2-6-10-18)15-32-23(30)14-26-25(31)19-11-12-20-21(13-19)34-16-33-20/h1-13H,14-16H2,(H,26,31)(H,27,29). The summed E-state index contributed by atoms with van der Waals surface area (Å²) in [6, 6.07) is 23.4. The van der Waals surface area contributed by atoms with E-state index >= 15 is 0 Å². The average Bonchev–Trinajstić information content (AvgIpc) is 3.35. The normalized spacial score (nSPS) is 11.3. The van der Waals surface area contributed by atoms with Gasteiger partial charge in [0.25, 0.3) is 11.8 Å². The third-order valence-electron chi connectivity index (χ3n) is 4.78. The van der Waals surface area contributed by atoms with Crippen molar-refractivity contribution in [2.24, 2.45) is 5.10 Å². The molecule has 9 nitrogen and oxygen atoms in total. The smallest absolute Gasteiger partial charge is 0.325 e. The molecule has 0 bridgehead atoms. The Labute approximate surface area is 195 Å². The molecule has 9 heteroatoms. The molecule has 0 aromatic heterocycles. The molecule has 2 N–H and O–H groups in total. The van der Waals surface area contributed by atoms with Crippen molar-refractivity contribution in [3.05, 3.63) is 95.6 Å². The Hall–Kier alpha value is -4.66. The average molecular weight is 459 g/mol. The molecule has 0 atom stereocenters. The molecule has 0 fully saturated rings. The van der Waals surface area contributed by atoms with Crippen LogP contribution in [0.15, 0.2) is 84.0 Å². The topological polar surface area (TPSA) is 115 Å². The highest BCUT2D eigenvalue weighted by atomic mass is 16.7. The van der Waals surface area contributed by atoms with Gasteiger partial charge in [-0.2, -0.15) is 5.10 Å². The molecule has 0 radical (unpaired) electrons. The molecule has 1 aliphatic heterocycles. The van der Waals surface area contributed by atoms with Crippen LogP contribution < -0.4 is 20.2 Å². The number of fused-ring (bicyclic) bond motifs is 1. The Kier molecular flexibility index (Phi) is 7.14. The first kappa shape index (κ1) is 22.5. The number of esters is 1. The molecule has 4 rings (SSSR count). The highest BCUT2D eigenvalue weighted by molar-refractivity contribution is 6.13. The Balaban J connectivity index is 1.27. The molecule has 0 saturated carbocycles. The Morgan fingerprint density at radius 1 is 0.824 bits per heavy atom. The quantitative estimate of drug-likeness (QED) is 0.303. The van der Waals surface area contributed by atoms with Crippen molar-refractivity contribution in [3.8, 4) is 11.5 Å². The number of hydrazone groups is 1. The van der Waals surface area contributed by atoms with Crippen LogP contribution in [0.3, 0.4) is 0 Å². The molecule has 34 heavy (non-hydrogen) atoms. The summed E-state index contributed by atoms with van der Waals surface area (Å²) in [5.41, 5.74) is 4.91. The molecule has 0 aliphatic carbocycles. The fourth-order valence-corrected chi connectivity index (χ4v) is 3.13. The van der Waals surface area contributed by atoms with Gasteiger partial charge in [0.1, 0.15) is 6.54 Å². The van der Waals surface area contributed by atoms with E-state index in [1.165, 1.54) is 6.07 Å². The number of benzene rings is 3. The number of ether oxygens (including phenoxy) is 3. The van der Waals surface area contributed by atoms with E-state index in [-0.39, 0.29) is 6.79 Å². The van der Waals surface area contributed by atoms with Crippen LogP contribution in [0.5, 0.6) is 11.5 Å². The van der Waals surface area contributed by atoms with Gasteiger partial charge in [0.15, 0.2) is 18.1 Å². The van der Waals surface area contributed by atoms with E-state index in [0.29, 0.717) is 22.8 Å². The van der Waals surface area contributed by atoms with Crippen molar-refractivity contribution in [1.29, 1.82) is 0 Å². The summed E-state index contributed by atoms with van der Waals surface area (Å²) < 4.78 is 15.4. The Morgan fingerprint density at radius 2 is 1.47 bits per heavy atom. The van der Waals surface area contributed by atoms with Gasteiger partial charge in [-0.05, 0) is 18.2 Å². The minimum absolute atomic E-state index is 0.0943. The van der Waals surface area contributed by atoms with Gasteiger partial charge in [-0.1, -0.05) is 60.7 Å². The van der Waals surface area contributed by atoms with Gasteiger partial charge in [-0.25, -0.2) is 5.43 Å². The summed E-state index contributed by atoms with van der Waals surface area (Å²) in [5, 5.41) is 6.66. The van der Waals surface area contributed by atoms with Crippen molar-refractivity contribution in [3.63, 3.8) is 0 Å². The van der Waals surface area contributed by atoms with E-state index < -0.39 is 30.9 Å². The van der Waals surface area contributed by atoms with Crippen LogP contribution in [0, 0.1) is 0 Å². The number of carbonyl (C=O) groups is 3. The van der Waals surface area contributed by atoms with E-state index in [1.807, 2.05) is 60.7 Å². The molecular formula is C25H21N3O6. The van der Waals surface area contributed by atoms with E-state index in [0.717, 1.165) is 11.1 Å². The lowest BCUT2D eigenvalue weighted by atomic mass is 10.0. The summed E-state index contributed by atoms with van der Waals surface area (Å²) in [4.78, 5) is 36.3. The van der Waals surface area contributed by atoms with Crippen LogP contribution in [-0.2, 0) is 14.3 Å². The maximum Gasteiger partial charge on any atom is 0.325 e. The molecule has 3 aromatic rings. The van der Waals surface area contributed by atoms with Gasteiger partial charge in [-0.3, -0.25) is 14.4 Å². The van der Waals surface area contributed by atoms with E-state index in [9.17, 15) is 14.4 Å². The van der Waals surface area contributed by atoms with Crippen molar-refractivity contribution in [1.82, 2.24) is 10.7 Å². The predicted octanol–water partition coefficient (Wildman–Crippen LogP) is 2.26. The first-order valence-corrected chi connectivity index (χ1v) is 10.4. The van der Waals surface area contributed by atoms with Crippen molar-refractivity contribution in [2.75, 3.05) is 19.9 Å². The number of carbonyl (C=O) groups excluding carboxylic acids is 3. The van der Waals surface area contributed by atoms with Crippen LogP contribution in [0.1, 0.15) is 21.5 Å². The maximum absolute atomic E-state index is 12.2. The molecule has 3 aromatic carbocycles. The Morgan fingerprint density at radius 3 is 2.15 bits per heavy atom. The van der Waals surface area contributed by atoms with Gasteiger partial charge >= 0.3 is 5.97 Å². The first-order valence-electron chi connectivity index (χ1n) is 10.4. The van der Waals surface area contributed by atoms with E-state index in [4.69, 9.17) is 14.2 Å². The zero-order valence-corrected chi connectivity index (χ0v) is 18.0. The van der Waals surface area contributed by atoms with Crippen molar-refractivity contribution >= 4 is 23.5 Å². The molecule has 1 heterocycles. The van der Waals surface area contributed by atoms with Gasteiger partial charge in [-0.15, -0.1) is 0 Å². The second kappa shape index (κ2) is 10.8. The fraction of sp³-hybridized carbons (Fsp3) is 0.120. The lowest BCUT2D eigenvalue weighted by Crippen LogP contribution is -2.33. The molecule has 172 valence electrons. The second-order valence-corrected chi connectivity index (χ2v) is 7.14. The zero-order valence-electron chi connectivity index (χ0n) is 18.0. The van der Waals surface area contributed by atoms with Crippen LogP contribution in [-0.4, -0.2) is 43.4 Å². The number of nitrogens with one attached hydrogen (secondary N) is 2. The van der Waals surface area contributed by atoms with E-state index in [2.05, 4.69) is 15.8 Å². The monoisotopic (exact) mass is 459 g/mol. The zero-order chi connectivity index (χ0) is 23.8. The molecule has 1 aliphatic rings. The summed E-state index contributed by atoms with van der Waals surface area (Å²) in [5.74, 6) is -0.857. The summed E-state index contributed by atoms with van der Waals surface area (Å²) in [6.07, 6.45) is 0. The second-order valence-electron chi connectivity index (χ2n) is 7.14. The predicted molar refractivity (Wildman–Crippen MR) is 123 cm³/mol. The fourth-order valence-electron chi connectivity index (χ4n) is 3.13. The molecule has 0 spiro atoms. The number of amides is 2. The third-order valence-corrected chi connectivity index (χ3v) is 4.78. The molecule has 0 saturated heterocycles. The number of hydrogen-bond acceptors (Lipinski definition) is 7. The van der Waals surface area contributed by atoms with Crippen LogP contribution in [0.2, 0.25) is 0 Å². The maximum atomic E-state index is 12.2. The van der Waals surface area contributed by atoms with Gasteiger partial charge in [0, 0.05) is 16.7 Å². The van der Waals surface area contributed by atoms with Gasteiger partial charge < -0.3 is 19.5 Å². The summed E-state index contributed by atoms with van der Waals surface area (Å²) in [7, 11) is 0. The molecular weight excluding hydrogens is 438 g/mol. The third kappa shape index (κ3) is 5.77.